The lowest BCUT2D eigenvalue weighted by atomic mass is 10.1. The van der Waals surface area contributed by atoms with Gasteiger partial charge >= 0.3 is 0 Å². The lowest BCUT2D eigenvalue weighted by Crippen LogP contribution is -2.08. The van der Waals surface area contributed by atoms with Crippen LogP contribution in [0.3, 0.4) is 0 Å². The minimum absolute atomic E-state index is 0.530. The van der Waals surface area contributed by atoms with Crippen molar-refractivity contribution in [2.75, 3.05) is 19.0 Å². The fourth-order valence-electron chi connectivity index (χ4n) is 1.40. The van der Waals surface area contributed by atoms with E-state index in [4.69, 9.17) is 9.68 Å². The van der Waals surface area contributed by atoms with E-state index < -0.39 is 0 Å². The molecule has 2 aromatic rings. The summed E-state index contributed by atoms with van der Waals surface area (Å²) in [5, 5.41) is 8.98. The van der Waals surface area contributed by atoms with Gasteiger partial charge in [-0.1, -0.05) is 18.2 Å². The molecule has 0 radical (unpaired) electrons. The molecule has 0 aliphatic carbocycles. The lowest BCUT2D eigenvalue weighted by Gasteiger charge is -2.03. The molecular formula is C12H11N3O. The third-order valence-electron chi connectivity index (χ3n) is 2.20. The largest absolute Gasteiger partial charge is 0.431 e. The summed E-state index contributed by atoms with van der Waals surface area (Å²) in [6.07, 6.45) is 1.56. The van der Waals surface area contributed by atoms with Crippen molar-refractivity contribution < 1.29 is 4.42 Å². The highest BCUT2D eigenvalue weighted by Gasteiger charge is 2.10. The smallest absolute Gasteiger partial charge is 0.297 e. The highest BCUT2D eigenvalue weighted by Crippen LogP contribution is 2.24. The third kappa shape index (κ3) is 1.75. The second-order valence-electron chi connectivity index (χ2n) is 3.57. The van der Waals surface area contributed by atoms with Crippen LogP contribution in [-0.2, 0) is 0 Å². The van der Waals surface area contributed by atoms with Crippen molar-refractivity contribution in [2.45, 2.75) is 0 Å². The van der Waals surface area contributed by atoms with E-state index >= 15 is 0 Å². The first-order valence-electron chi connectivity index (χ1n) is 4.84. The molecule has 0 fully saturated rings. The predicted octanol–water partition coefficient (Wildman–Crippen LogP) is 2.28. The van der Waals surface area contributed by atoms with E-state index in [9.17, 15) is 0 Å². The minimum atomic E-state index is 0.530. The molecule has 80 valence electrons. The second kappa shape index (κ2) is 4.07. The number of oxazole rings is 1. The van der Waals surface area contributed by atoms with Gasteiger partial charge in [0.15, 0.2) is 0 Å². The van der Waals surface area contributed by atoms with Crippen molar-refractivity contribution in [2.24, 2.45) is 0 Å². The summed E-state index contributed by atoms with van der Waals surface area (Å²) in [4.78, 5) is 6.07. The number of hydrogen-bond donors (Lipinski definition) is 0. The first-order chi connectivity index (χ1) is 7.72. The Bertz CT molecular complexity index is 537. The Morgan fingerprint density at radius 2 is 2.06 bits per heavy atom. The first kappa shape index (κ1) is 10.2. The molecule has 0 aliphatic rings. The molecule has 4 heteroatoms. The molecule has 0 spiro atoms. The number of hydrogen-bond acceptors (Lipinski definition) is 4. The van der Waals surface area contributed by atoms with Crippen LogP contribution in [0.5, 0.6) is 0 Å². The zero-order chi connectivity index (χ0) is 11.5. The monoisotopic (exact) mass is 213 g/mol. The summed E-state index contributed by atoms with van der Waals surface area (Å²) in [6.45, 7) is 0. The van der Waals surface area contributed by atoms with Crippen LogP contribution in [0.4, 0.5) is 6.01 Å². The molecule has 0 N–H and O–H groups in total. The molecular weight excluding hydrogens is 202 g/mol. The number of aromatic nitrogens is 1. The standard InChI is InChI=1S/C12H11N3O/c1-15(2)12-14-11(8-16-12)10-6-4-3-5-9(10)7-13/h3-6,8H,1-2H3. The fraction of sp³-hybridized carbons (Fsp3) is 0.167. The highest BCUT2D eigenvalue weighted by atomic mass is 16.4. The van der Waals surface area contributed by atoms with E-state index in [0.29, 0.717) is 17.3 Å². The SMILES string of the molecule is CN(C)c1nc(-c2ccccc2C#N)co1. The molecule has 0 atom stereocenters. The van der Waals surface area contributed by atoms with Crippen molar-refractivity contribution in [3.05, 3.63) is 36.1 Å². The number of benzene rings is 1. The van der Waals surface area contributed by atoms with Gasteiger partial charge in [-0.2, -0.15) is 10.2 Å². The first-order valence-corrected chi connectivity index (χ1v) is 4.84. The van der Waals surface area contributed by atoms with Crippen LogP contribution in [0, 0.1) is 11.3 Å². The summed E-state index contributed by atoms with van der Waals surface area (Å²) in [6, 6.07) is 9.99. The van der Waals surface area contributed by atoms with Crippen molar-refractivity contribution in [1.29, 1.82) is 5.26 Å². The molecule has 16 heavy (non-hydrogen) atoms. The van der Waals surface area contributed by atoms with Gasteiger partial charge in [0.2, 0.25) is 0 Å². The Kier molecular flexibility index (Phi) is 2.61. The molecule has 0 bridgehead atoms. The van der Waals surface area contributed by atoms with E-state index in [1.165, 1.54) is 0 Å². The molecule has 0 saturated heterocycles. The van der Waals surface area contributed by atoms with Crippen LogP contribution < -0.4 is 4.90 Å². The van der Waals surface area contributed by atoms with Crippen LogP contribution in [0.25, 0.3) is 11.3 Å². The Balaban J connectivity index is 2.47. The summed E-state index contributed by atoms with van der Waals surface area (Å²) >= 11 is 0. The van der Waals surface area contributed by atoms with Gasteiger partial charge in [0.05, 0.1) is 11.6 Å². The molecule has 4 nitrogen and oxygen atoms in total. The van der Waals surface area contributed by atoms with E-state index in [1.807, 2.05) is 32.3 Å². The Morgan fingerprint density at radius 1 is 1.31 bits per heavy atom. The van der Waals surface area contributed by atoms with Gasteiger partial charge in [0, 0.05) is 19.7 Å². The van der Waals surface area contributed by atoms with Crippen molar-refractivity contribution in [3.8, 4) is 17.3 Å². The normalized spacial score (nSPS) is 9.81. The maximum Gasteiger partial charge on any atom is 0.297 e. The second-order valence-corrected chi connectivity index (χ2v) is 3.57. The lowest BCUT2D eigenvalue weighted by molar-refractivity contribution is 0.556. The predicted molar refractivity (Wildman–Crippen MR) is 61.0 cm³/mol. The molecule has 0 amide bonds. The molecule has 1 heterocycles. The molecule has 1 aromatic carbocycles. The third-order valence-corrected chi connectivity index (χ3v) is 2.20. The summed E-state index contributed by atoms with van der Waals surface area (Å²) in [7, 11) is 3.71. The highest BCUT2D eigenvalue weighted by molar-refractivity contribution is 5.67. The quantitative estimate of drug-likeness (QED) is 0.768. The number of nitrogens with zero attached hydrogens (tertiary/aromatic N) is 3. The zero-order valence-electron chi connectivity index (χ0n) is 9.14. The molecule has 0 unspecified atom stereocenters. The van der Waals surface area contributed by atoms with Crippen LogP contribution in [0.1, 0.15) is 5.56 Å². The van der Waals surface area contributed by atoms with E-state index in [2.05, 4.69) is 11.1 Å². The summed E-state index contributed by atoms with van der Waals surface area (Å²) < 4.78 is 5.29. The zero-order valence-corrected chi connectivity index (χ0v) is 9.14. The average molecular weight is 213 g/mol. The molecule has 0 saturated carbocycles. The average Bonchev–Trinajstić information content (AvgIpc) is 2.78. The van der Waals surface area contributed by atoms with Crippen LogP contribution >= 0.6 is 0 Å². The van der Waals surface area contributed by atoms with Gasteiger partial charge < -0.3 is 9.32 Å². The number of anilines is 1. The van der Waals surface area contributed by atoms with Gasteiger partial charge in [-0.25, -0.2) is 0 Å². The fourth-order valence-corrected chi connectivity index (χ4v) is 1.40. The van der Waals surface area contributed by atoms with Crippen LogP contribution in [0.2, 0.25) is 0 Å². The maximum absolute atomic E-state index is 8.98. The van der Waals surface area contributed by atoms with Gasteiger partial charge in [0.1, 0.15) is 12.0 Å². The Hall–Kier alpha value is -2.28. The summed E-state index contributed by atoms with van der Waals surface area (Å²) in [5.41, 5.74) is 2.07. The van der Waals surface area contributed by atoms with Crippen molar-refractivity contribution in [3.63, 3.8) is 0 Å². The van der Waals surface area contributed by atoms with Crippen LogP contribution in [-0.4, -0.2) is 19.1 Å². The van der Waals surface area contributed by atoms with E-state index in [0.717, 1.165) is 5.56 Å². The van der Waals surface area contributed by atoms with Crippen molar-refractivity contribution >= 4 is 6.01 Å². The molecule has 0 aliphatic heterocycles. The maximum atomic E-state index is 8.98. The van der Waals surface area contributed by atoms with Crippen molar-refractivity contribution in [1.82, 2.24) is 4.98 Å². The Morgan fingerprint density at radius 3 is 2.69 bits per heavy atom. The van der Waals surface area contributed by atoms with Gasteiger partial charge in [-0.05, 0) is 6.07 Å². The van der Waals surface area contributed by atoms with Gasteiger partial charge in [-0.15, -0.1) is 0 Å². The van der Waals surface area contributed by atoms with E-state index in [-0.39, 0.29) is 0 Å². The van der Waals surface area contributed by atoms with Gasteiger partial charge in [-0.3, -0.25) is 0 Å². The van der Waals surface area contributed by atoms with E-state index in [1.54, 1.807) is 17.2 Å². The number of rotatable bonds is 2. The minimum Gasteiger partial charge on any atom is -0.431 e. The molecule has 2 rings (SSSR count). The Labute approximate surface area is 93.7 Å². The topological polar surface area (TPSA) is 53.1 Å². The molecule has 1 aromatic heterocycles. The van der Waals surface area contributed by atoms with Crippen LogP contribution in [0.15, 0.2) is 34.9 Å². The summed E-state index contributed by atoms with van der Waals surface area (Å²) in [5.74, 6) is 0. The number of nitriles is 1. The van der Waals surface area contributed by atoms with Gasteiger partial charge in [0.25, 0.3) is 6.01 Å².